The molecule has 0 unspecified atom stereocenters. The van der Waals surface area contributed by atoms with Crippen molar-refractivity contribution < 1.29 is 14.3 Å². The molecule has 146 valence electrons. The van der Waals surface area contributed by atoms with E-state index < -0.39 is 5.97 Å². The first-order chi connectivity index (χ1) is 13.5. The minimum Gasteiger partial charge on any atom is -0.423 e. The zero-order chi connectivity index (χ0) is 19.9. The molecule has 0 saturated heterocycles. The molecule has 7 heteroatoms. The topological polar surface area (TPSA) is 67.8 Å². The Morgan fingerprint density at radius 2 is 1.86 bits per heavy atom. The van der Waals surface area contributed by atoms with Gasteiger partial charge in [-0.25, -0.2) is 10.2 Å². The van der Waals surface area contributed by atoms with Crippen molar-refractivity contribution in [3.05, 3.63) is 63.6 Å². The summed E-state index contributed by atoms with van der Waals surface area (Å²) < 4.78 is 5.37. The fourth-order valence-electron chi connectivity index (χ4n) is 3.10. The summed E-state index contributed by atoms with van der Waals surface area (Å²) in [5.41, 5.74) is 3.51. The van der Waals surface area contributed by atoms with Gasteiger partial charge in [0.1, 0.15) is 5.75 Å². The molecule has 0 spiro atoms. The van der Waals surface area contributed by atoms with Crippen LogP contribution in [0.2, 0.25) is 10.0 Å². The van der Waals surface area contributed by atoms with Crippen LogP contribution in [0, 0.1) is 5.92 Å². The molecule has 1 saturated carbocycles. The van der Waals surface area contributed by atoms with E-state index in [1.54, 1.807) is 30.3 Å². The number of carbonyl (C=O) groups excluding carboxylic acids is 2. The Balaban J connectivity index is 1.60. The van der Waals surface area contributed by atoms with Crippen LogP contribution in [-0.2, 0) is 4.79 Å². The molecule has 3 rings (SSSR count). The van der Waals surface area contributed by atoms with Crippen LogP contribution in [0.25, 0.3) is 0 Å². The van der Waals surface area contributed by atoms with E-state index in [2.05, 4.69) is 10.5 Å². The van der Waals surface area contributed by atoms with Gasteiger partial charge in [-0.1, -0.05) is 54.6 Å². The summed E-state index contributed by atoms with van der Waals surface area (Å²) in [5.74, 6) is -0.238. The van der Waals surface area contributed by atoms with Crippen molar-refractivity contribution in [2.45, 2.75) is 32.1 Å². The maximum Gasteiger partial charge on any atom is 0.345 e. The molecule has 0 radical (unpaired) electrons. The SMILES string of the molecule is O=C(Oc1cccc(/C=N/NC(=O)C2CCCCC2)c1)c1ccc(Cl)cc1Cl. The van der Waals surface area contributed by atoms with E-state index in [9.17, 15) is 9.59 Å². The molecule has 1 aliphatic rings. The van der Waals surface area contributed by atoms with Crippen LogP contribution in [0.1, 0.15) is 48.0 Å². The number of amides is 1. The van der Waals surface area contributed by atoms with Crippen LogP contribution in [0.4, 0.5) is 0 Å². The maximum atomic E-state index is 12.3. The van der Waals surface area contributed by atoms with E-state index in [1.807, 2.05) is 0 Å². The molecular weight excluding hydrogens is 399 g/mol. The monoisotopic (exact) mass is 418 g/mol. The second-order valence-corrected chi connectivity index (χ2v) is 7.50. The van der Waals surface area contributed by atoms with Crippen molar-refractivity contribution in [3.8, 4) is 5.75 Å². The largest absolute Gasteiger partial charge is 0.423 e. The summed E-state index contributed by atoms with van der Waals surface area (Å²) in [5, 5.41) is 4.68. The van der Waals surface area contributed by atoms with Crippen molar-refractivity contribution >= 4 is 41.3 Å². The lowest BCUT2D eigenvalue weighted by molar-refractivity contribution is -0.125. The number of ether oxygens (including phenoxy) is 1. The maximum absolute atomic E-state index is 12.3. The first kappa shape index (κ1) is 20.4. The number of nitrogens with one attached hydrogen (secondary N) is 1. The zero-order valence-electron chi connectivity index (χ0n) is 15.2. The number of nitrogens with zero attached hydrogens (tertiary/aromatic N) is 1. The lowest BCUT2D eigenvalue weighted by Crippen LogP contribution is -2.28. The van der Waals surface area contributed by atoms with Crippen LogP contribution < -0.4 is 10.2 Å². The van der Waals surface area contributed by atoms with Gasteiger partial charge in [0.05, 0.1) is 16.8 Å². The van der Waals surface area contributed by atoms with Gasteiger partial charge in [-0.15, -0.1) is 0 Å². The van der Waals surface area contributed by atoms with Gasteiger partial charge in [-0.3, -0.25) is 4.79 Å². The number of halogens is 2. The molecule has 0 aromatic heterocycles. The number of benzene rings is 2. The van der Waals surface area contributed by atoms with Gasteiger partial charge >= 0.3 is 5.97 Å². The minimum atomic E-state index is -0.582. The molecule has 1 N–H and O–H groups in total. The fraction of sp³-hybridized carbons (Fsp3) is 0.286. The predicted molar refractivity (Wildman–Crippen MR) is 110 cm³/mol. The summed E-state index contributed by atoms with van der Waals surface area (Å²) in [7, 11) is 0. The molecule has 2 aromatic carbocycles. The highest BCUT2D eigenvalue weighted by Gasteiger charge is 2.20. The number of hydrogen-bond acceptors (Lipinski definition) is 4. The van der Waals surface area contributed by atoms with Crippen molar-refractivity contribution in [2.75, 3.05) is 0 Å². The van der Waals surface area contributed by atoms with Gasteiger partial charge in [0, 0.05) is 10.9 Å². The average molecular weight is 419 g/mol. The van der Waals surface area contributed by atoms with Crippen molar-refractivity contribution in [1.82, 2.24) is 5.43 Å². The standard InChI is InChI=1S/C21H20Cl2N2O3/c22-16-9-10-18(19(23)12-16)21(27)28-17-8-4-5-14(11-17)13-24-25-20(26)15-6-2-1-3-7-15/h4-5,8-13,15H,1-3,6-7H2,(H,25,26)/b24-13+. The summed E-state index contributed by atoms with van der Waals surface area (Å²) in [6.45, 7) is 0. The molecule has 0 bridgehead atoms. The second kappa shape index (κ2) is 9.71. The predicted octanol–water partition coefficient (Wildman–Crippen LogP) is 5.24. The van der Waals surface area contributed by atoms with Gasteiger partial charge in [0.2, 0.25) is 5.91 Å². The first-order valence-electron chi connectivity index (χ1n) is 9.13. The summed E-state index contributed by atoms with van der Waals surface area (Å²) in [4.78, 5) is 24.4. The number of carbonyl (C=O) groups is 2. The Labute approximate surface area is 173 Å². The van der Waals surface area contributed by atoms with E-state index in [-0.39, 0.29) is 22.4 Å². The van der Waals surface area contributed by atoms with Crippen molar-refractivity contribution in [1.29, 1.82) is 0 Å². The van der Waals surface area contributed by atoms with Gasteiger partial charge < -0.3 is 4.74 Å². The third kappa shape index (κ3) is 5.57. The van der Waals surface area contributed by atoms with Gasteiger partial charge in [0.15, 0.2) is 0 Å². The summed E-state index contributed by atoms with van der Waals surface area (Å²) >= 11 is 11.9. The number of esters is 1. The fourth-order valence-corrected chi connectivity index (χ4v) is 3.59. The highest BCUT2D eigenvalue weighted by molar-refractivity contribution is 6.36. The number of rotatable bonds is 5. The molecule has 5 nitrogen and oxygen atoms in total. The molecule has 1 amide bonds. The van der Waals surface area contributed by atoms with Crippen LogP contribution in [0.5, 0.6) is 5.75 Å². The van der Waals surface area contributed by atoms with Gasteiger partial charge in [-0.2, -0.15) is 5.10 Å². The summed E-state index contributed by atoms with van der Waals surface area (Å²) in [6, 6.07) is 11.4. The summed E-state index contributed by atoms with van der Waals surface area (Å²) in [6.07, 6.45) is 6.73. The molecule has 28 heavy (non-hydrogen) atoms. The quantitative estimate of drug-likeness (QED) is 0.312. The zero-order valence-corrected chi connectivity index (χ0v) is 16.7. The first-order valence-corrected chi connectivity index (χ1v) is 9.89. The normalized spacial score (nSPS) is 14.8. The highest BCUT2D eigenvalue weighted by Crippen LogP contribution is 2.24. The molecule has 0 heterocycles. The van der Waals surface area contributed by atoms with Gasteiger partial charge in [0.25, 0.3) is 0 Å². The van der Waals surface area contributed by atoms with Crippen molar-refractivity contribution in [3.63, 3.8) is 0 Å². The molecule has 1 aliphatic carbocycles. The Morgan fingerprint density at radius 3 is 2.61 bits per heavy atom. The second-order valence-electron chi connectivity index (χ2n) is 6.66. The molecule has 1 fully saturated rings. The molecule has 0 aliphatic heterocycles. The smallest absolute Gasteiger partial charge is 0.345 e. The Bertz CT molecular complexity index is 893. The van der Waals surface area contributed by atoms with Crippen LogP contribution in [0.3, 0.4) is 0 Å². The number of hydrogen-bond donors (Lipinski definition) is 1. The van der Waals surface area contributed by atoms with Gasteiger partial charge in [-0.05, 0) is 48.7 Å². The third-order valence-corrected chi connectivity index (χ3v) is 5.13. The Morgan fingerprint density at radius 1 is 1.07 bits per heavy atom. The average Bonchev–Trinajstić information content (AvgIpc) is 2.68. The third-order valence-electron chi connectivity index (χ3n) is 4.58. The van der Waals surface area contributed by atoms with Crippen LogP contribution >= 0.6 is 23.2 Å². The van der Waals surface area contributed by atoms with E-state index in [4.69, 9.17) is 27.9 Å². The molecule has 2 aromatic rings. The minimum absolute atomic E-state index is 0.0438. The van der Waals surface area contributed by atoms with E-state index in [0.29, 0.717) is 16.3 Å². The van der Waals surface area contributed by atoms with E-state index >= 15 is 0 Å². The Hall–Kier alpha value is -2.37. The lowest BCUT2D eigenvalue weighted by atomic mass is 9.89. The molecule has 0 atom stereocenters. The number of hydrazone groups is 1. The lowest BCUT2D eigenvalue weighted by Gasteiger charge is -2.19. The van der Waals surface area contributed by atoms with Crippen molar-refractivity contribution in [2.24, 2.45) is 11.0 Å². The van der Waals surface area contributed by atoms with E-state index in [0.717, 1.165) is 25.7 Å². The van der Waals surface area contributed by atoms with E-state index in [1.165, 1.54) is 24.8 Å². The molecular formula is C21H20Cl2N2O3. The van der Waals surface area contributed by atoms with Crippen LogP contribution in [-0.4, -0.2) is 18.1 Å². The highest BCUT2D eigenvalue weighted by atomic mass is 35.5. The van der Waals surface area contributed by atoms with Crippen LogP contribution in [0.15, 0.2) is 47.6 Å². The Kier molecular flexibility index (Phi) is 7.06.